The second-order valence-electron chi connectivity index (χ2n) is 16.8. The number of H-pyrrole nitrogens is 2. The van der Waals surface area contributed by atoms with Crippen LogP contribution in [0.2, 0.25) is 0 Å². The van der Waals surface area contributed by atoms with E-state index in [0.717, 1.165) is 23.5 Å². The molecule has 0 aliphatic carbocycles. The molecule has 0 aromatic carbocycles. The maximum Gasteiger partial charge on any atom is 0.490 e. The molecule has 3 aliphatic heterocycles. The Bertz CT molecular complexity index is 3490. The van der Waals surface area contributed by atoms with Gasteiger partial charge in [0.15, 0.2) is 41.4 Å². The van der Waals surface area contributed by atoms with Gasteiger partial charge in [0.1, 0.15) is 54.1 Å². The number of imidazole rings is 3. The first-order valence-corrected chi connectivity index (χ1v) is 27.5. The van der Waals surface area contributed by atoms with Crippen molar-refractivity contribution in [3.63, 3.8) is 0 Å². The molecule has 43 heteroatoms. The standard InChI is InChI=1S/C33H45N15O24P4/c1-45-12-48(26-18(45)28(53)44-32(36)42-26)30-21-22(51)33(70-30,7-63-21)8-67-75(58,59)72-76(60,61)71-74(56,57)65-4-13(68-15(6-62-2)46-10-39-16-23(34)37-9-38-24(16)46)3-64-73(54,55)66-5-14-19(49)20(50)29(69-14)47-11-40-17-25(47)41-31(35)43-27(17)52/h9-15,19-22,29-30,49-51H,3-8H2,1-2H3,(H11-,34,35,36,37,38,41,42,43,44,52,53,54,55,56,57,58,59,60,61)/t13-,14+,15+,19-,20?,21-,22?,29+,30+,33+/m0/s1. The van der Waals surface area contributed by atoms with Gasteiger partial charge in [-0.1, -0.05) is 4.98 Å². The number of nitrogens with one attached hydrogen (secondary N) is 2. The number of aryl methyl sites for hydroxylation is 1. The summed E-state index contributed by atoms with van der Waals surface area (Å²) in [6.45, 7) is -5.42. The topological polar surface area (TPSA) is 554 Å². The van der Waals surface area contributed by atoms with Gasteiger partial charge < -0.3 is 84.8 Å². The summed E-state index contributed by atoms with van der Waals surface area (Å²) in [5, 5.41) is 32.7. The summed E-state index contributed by atoms with van der Waals surface area (Å²) >= 11 is 0. The first kappa shape index (κ1) is 55.6. The highest BCUT2D eigenvalue weighted by atomic mass is 31.3. The lowest BCUT2D eigenvalue weighted by Gasteiger charge is -2.30. The molecule has 0 radical (unpaired) electrons. The Balaban J connectivity index is 0.850. The molecule has 6 aromatic rings. The van der Waals surface area contributed by atoms with Crippen molar-refractivity contribution in [1.82, 2.24) is 53.6 Å². The number of nitrogens with zero attached hydrogens (tertiary/aromatic N) is 10. The molecule has 0 saturated carbocycles. The van der Waals surface area contributed by atoms with E-state index in [0.29, 0.717) is 0 Å². The Morgan fingerprint density at radius 1 is 0.868 bits per heavy atom. The van der Waals surface area contributed by atoms with Gasteiger partial charge in [-0.15, -0.1) is 0 Å². The number of hydrogen-bond acceptors (Lipinski definition) is 30. The van der Waals surface area contributed by atoms with Gasteiger partial charge in [0.25, 0.3) is 24.9 Å². The summed E-state index contributed by atoms with van der Waals surface area (Å²) in [7, 11) is -20.8. The highest BCUT2D eigenvalue weighted by Crippen LogP contribution is 2.68. The zero-order chi connectivity index (χ0) is 54.9. The van der Waals surface area contributed by atoms with Crippen molar-refractivity contribution in [1.29, 1.82) is 0 Å². The third-order valence-electron chi connectivity index (χ3n) is 11.6. The van der Waals surface area contributed by atoms with Gasteiger partial charge in [0.2, 0.25) is 17.7 Å². The second-order valence-corrected chi connectivity index (χ2v) is 22.8. The lowest BCUT2D eigenvalue weighted by atomic mass is 10.0. The van der Waals surface area contributed by atoms with E-state index < -0.39 is 143 Å². The van der Waals surface area contributed by atoms with Crippen molar-refractivity contribution in [2.24, 2.45) is 7.05 Å². The largest absolute Gasteiger partial charge is 0.756 e. The summed E-state index contributed by atoms with van der Waals surface area (Å²) < 4.78 is 114. The number of fused-ring (bicyclic) bond motifs is 5. The summed E-state index contributed by atoms with van der Waals surface area (Å²) in [5.41, 5.74) is 13.8. The molecule has 14 N–H and O–H groups in total. The van der Waals surface area contributed by atoms with E-state index in [1.54, 1.807) is 0 Å². The van der Waals surface area contributed by atoms with Crippen molar-refractivity contribution in [3.8, 4) is 0 Å². The minimum absolute atomic E-state index is 0.00229. The predicted octanol–water partition coefficient (Wildman–Crippen LogP) is -4.69. The number of ether oxygens (including phenoxy) is 5. The van der Waals surface area contributed by atoms with Crippen LogP contribution in [0.15, 0.2) is 34.9 Å². The normalized spacial score (nSPS) is 27.7. The molecular formula is C33H45N15O24P4. The lowest BCUT2D eigenvalue weighted by molar-refractivity contribution is -0.752. The average molecular weight is 1160 g/mol. The molecule has 9 rings (SSSR count). The molecule has 39 nitrogen and oxygen atoms in total. The zero-order valence-electron chi connectivity index (χ0n) is 38.8. The maximum atomic E-state index is 13.2. The summed E-state index contributed by atoms with van der Waals surface area (Å²) in [4.78, 5) is 98.1. The molecule has 3 saturated heterocycles. The zero-order valence-corrected chi connectivity index (χ0v) is 42.4. The molecule has 9 heterocycles. The number of hydrogen-bond donors (Lipinski definition) is 11. The van der Waals surface area contributed by atoms with Gasteiger partial charge >= 0.3 is 29.1 Å². The molecule has 3 aliphatic rings. The Morgan fingerprint density at radius 2 is 1.55 bits per heavy atom. The number of phosphoric acid groups is 4. The van der Waals surface area contributed by atoms with E-state index in [1.807, 2.05) is 0 Å². The highest BCUT2D eigenvalue weighted by molar-refractivity contribution is 7.66. The molecule has 14 atom stereocenters. The summed E-state index contributed by atoms with van der Waals surface area (Å²) in [6, 6.07) is 0. The van der Waals surface area contributed by atoms with Crippen molar-refractivity contribution < 1.29 is 108 Å². The number of phosphoric ester groups is 3. The van der Waals surface area contributed by atoms with Crippen molar-refractivity contribution in [3.05, 3.63) is 46.0 Å². The van der Waals surface area contributed by atoms with Gasteiger partial charge in [0.05, 0.1) is 59.3 Å². The van der Waals surface area contributed by atoms with Gasteiger partial charge in [-0.3, -0.25) is 46.9 Å². The van der Waals surface area contributed by atoms with Crippen LogP contribution in [-0.2, 0) is 75.7 Å². The molecule has 0 amide bonds. The molecule has 0 spiro atoms. The average Bonchev–Trinajstić information content (AvgIpc) is 4.19. The monoisotopic (exact) mass is 1160 g/mol. The smallest absolute Gasteiger partial charge is 0.490 e. The molecule has 416 valence electrons. The quantitative estimate of drug-likeness (QED) is 0.0212. The van der Waals surface area contributed by atoms with Crippen molar-refractivity contribution in [2.45, 2.75) is 60.9 Å². The van der Waals surface area contributed by atoms with Gasteiger partial charge in [-0.2, -0.15) is 13.6 Å². The lowest BCUT2D eigenvalue weighted by Crippen LogP contribution is -2.50. The van der Waals surface area contributed by atoms with Crippen LogP contribution in [0.4, 0.5) is 17.7 Å². The van der Waals surface area contributed by atoms with Crippen LogP contribution in [0.1, 0.15) is 18.7 Å². The number of nitrogen functional groups attached to an aromatic ring is 3. The third-order valence-corrected chi connectivity index (χ3v) is 16.8. The van der Waals surface area contributed by atoms with Crippen LogP contribution in [0.25, 0.3) is 33.5 Å². The minimum Gasteiger partial charge on any atom is -0.756 e. The molecular weight excluding hydrogens is 1110 g/mol. The van der Waals surface area contributed by atoms with E-state index in [9.17, 15) is 62.7 Å². The molecule has 76 heavy (non-hydrogen) atoms. The second kappa shape index (κ2) is 20.9. The fourth-order valence-electron chi connectivity index (χ4n) is 8.24. The first-order chi connectivity index (χ1) is 35.7. The Hall–Kier alpha value is -5.15. The number of anilines is 3. The van der Waals surface area contributed by atoms with E-state index in [4.69, 9.17) is 59.0 Å². The molecule has 2 bridgehead atoms. The van der Waals surface area contributed by atoms with E-state index in [1.165, 1.54) is 34.2 Å². The Morgan fingerprint density at radius 3 is 2.29 bits per heavy atom. The minimum atomic E-state index is -6.20. The van der Waals surface area contributed by atoms with Crippen LogP contribution in [0.5, 0.6) is 0 Å². The van der Waals surface area contributed by atoms with Crippen LogP contribution < -0.4 is 37.8 Å². The Labute approximate surface area is 421 Å². The molecule has 6 aromatic heterocycles. The molecule has 3 fully saturated rings. The number of aromatic amines is 2. The number of aliphatic hydroxyl groups excluding tert-OH is 3. The number of rotatable bonds is 23. The number of methoxy groups -OCH3 is 1. The number of aliphatic hydroxyl groups is 3. The van der Waals surface area contributed by atoms with Crippen LogP contribution in [0.3, 0.4) is 0 Å². The maximum absolute atomic E-state index is 13.2. The highest BCUT2D eigenvalue weighted by Gasteiger charge is 2.64. The summed E-state index contributed by atoms with van der Waals surface area (Å²) in [5.74, 6) is -0.642. The van der Waals surface area contributed by atoms with Gasteiger partial charge in [0, 0.05) is 7.11 Å². The first-order valence-electron chi connectivity index (χ1n) is 21.5. The van der Waals surface area contributed by atoms with Crippen molar-refractivity contribution >= 4 is 82.5 Å². The fraction of sp³-hybridized carbons (Fsp3) is 0.545. The van der Waals surface area contributed by atoms with Gasteiger partial charge in [-0.05, 0) is 0 Å². The molecule has 6 unspecified atom stereocenters. The van der Waals surface area contributed by atoms with E-state index in [2.05, 4.69) is 48.5 Å². The number of nitrogens with two attached hydrogens (primary N) is 3. The van der Waals surface area contributed by atoms with Crippen LogP contribution in [-0.4, -0.2) is 173 Å². The van der Waals surface area contributed by atoms with E-state index >= 15 is 0 Å². The predicted molar refractivity (Wildman–Crippen MR) is 242 cm³/mol. The third kappa shape index (κ3) is 11.3. The van der Waals surface area contributed by atoms with E-state index in [-0.39, 0.29) is 51.2 Å². The van der Waals surface area contributed by atoms with Crippen LogP contribution in [0, 0.1) is 0 Å². The number of aromatic nitrogens is 12. The Kier molecular flexibility index (Phi) is 15.3. The van der Waals surface area contributed by atoms with Crippen LogP contribution >= 0.6 is 31.3 Å². The summed E-state index contributed by atoms with van der Waals surface area (Å²) in [6.07, 6.45) is -9.31. The SMILES string of the molecule is COC[C@@H](O[C@@H](COP(=O)([O-])OC[C@H]1O[C@@H](n2cnc3c(=O)[nH]c(N)nc32)C(O)[C@H]1O)COP(=O)(O)OP(=O)(O)OP(=O)(O)OC[C@]12CO[C@@H](C1O)[C@H]([n+]1cn(C)c3c(=O)[nH]c(N)nc31)O2)n1cnc2c(N)ncnc21. The van der Waals surface area contributed by atoms with Gasteiger partial charge in [-0.25, -0.2) is 38.2 Å². The fourth-order valence-corrected chi connectivity index (χ4v) is 12.6. The van der Waals surface area contributed by atoms with Crippen molar-refractivity contribution in [2.75, 3.05) is 64.0 Å².